The van der Waals surface area contributed by atoms with Crippen LogP contribution >= 0.6 is 11.3 Å². The van der Waals surface area contributed by atoms with Crippen LogP contribution in [-0.2, 0) is 4.79 Å². The number of anilines is 2. The molecule has 1 amide bonds. The Morgan fingerprint density at radius 2 is 1.96 bits per heavy atom. The number of carbonyl (C=O) groups excluding carboxylic acids is 1. The molecule has 0 aliphatic carbocycles. The van der Waals surface area contributed by atoms with Crippen LogP contribution in [0, 0.1) is 5.82 Å². The Labute approximate surface area is 160 Å². The van der Waals surface area contributed by atoms with Gasteiger partial charge in [-0.2, -0.15) is 0 Å². The first kappa shape index (κ1) is 17.8. The van der Waals surface area contributed by atoms with E-state index in [2.05, 4.69) is 25.1 Å². The number of nitrogens with one attached hydrogen (secondary N) is 1. The zero-order chi connectivity index (χ0) is 18.8. The standard InChI is InChI=1S/C19H20FN5OS/c1-13(19(26)23-15-5-3-2-4-14(15)20)24-7-9-25(10-8-24)18-17-16(6-11-27-17)21-12-22-18/h2-6,11-13H,7-10H2,1H3,(H,23,26). The van der Waals surface area contributed by atoms with Crippen LogP contribution in [0.25, 0.3) is 10.2 Å². The predicted molar refractivity (Wildman–Crippen MR) is 106 cm³/mol. The quantitative estimate of drug-likeness (QED) is 0.748. The van der Waals surface area contributed by atoms with Gasteiger partial charge >= 0.3 is 0 Å². The minimum Gasteiger partial charge on any atom is -0.353 e. The van der Waals surface area contributed by atoms with Crippen LogP contribution in [0.1, 0.15) is 6.92 Å². The molecular weight excluding hydrogens is 365 g/mol. The average Bonchev–Trinajstić information content (AvgIpc) is 3.18. The van der Waals surface area contributed by atoms with Crippen molar-refractivity contribution in [3.8, 4) is 0 Å². The lowest BCUT2D eigenvalue weighted by atomic mass is 10.2. The number of para-hydroxylation sites is 1. The Balaban J connectivity index is 1.39. The van der Waals surface area contributed by atoms with Gasteiger partial charge in [-0.3, -0.25) is 9.69 Å². The van der Waals surface area contributed by atoms with Crippen molar-refractivity contribution in [2.75, 3.05) is 36.4 Å². The summed E-state index contributed by atoms with van der Waals surface area (Å²) in [5.74, 6) is 0.334. The number of piperazine rings is 1. The van der Waals surface area contributed by atoms with Crippen molar-refractivity contribution in [1.82, 2.24) is 14.9 Å². The van der Waals surface area contributed by atoms with Crippen LogP contribution in [0.15, 0.2) is 42.0 Å². The smallest absolute Gasteiger partial charge is 0.241 e. The summed E-state index contributed by atoms with van der Waals surface area (Å²) in [4.78, 5) is 25.6. The summed E-state index contributed by atoms with van der Waals surface area (Å²) in [6, 6.07) is 7.88. The van der Waals surface area contributed by atoms with Gasteiger partial charge in [-0.1, -0.05) is 12.1 Å². The van der Waals surface area contributed by atoms with Crippen molar-refractivity contribution in [3.05, 3.63) is 47.9 Å². The van der Waals surface area contributed by atoms with E-state index in [1.807, 2.05) is 18.4 Å². The number of hydrogen-bond acceptors (Lipinski definition) is 6. The third-order valence-electron chi connectivity index (χ3n) is 4.90. The number of hydrogen-bond donors (Lipinski definition) is 1. The first-order chi connectivity index (χ1) is 13.1. The second-order valence-electron chi connectivity index (χ2n) is 6.50. The summed E-state index contributed by atoms with van der Waals surface area (Å²) >= 11 is 1.64. The molecule has 1 aliphatic heterocycles. The number of fused-ring (bicyclic) bond motifs is 1. The summed E-state index contributed by atoms with van der Waals surface area (Å²) in [6.45, 7) is 4.89. The Kier molecular flexibility index (Phi) is 5.00. The molecule has 1 fully saturated rings. The van der Waals surface area contributed by atoms with Crippen LogP contribution in [-0.4, -0.2) is 53.0 Å². The fourth-order valence-electron chi connectivity index (χ4n) is 3.29. The van der Waals surface area contributed by atoms with E-state index in [4.69, 9.17) is 0 Å². The largest absolute Gasteiger partial charge is 0.353 e. The molecule has 1 atom stereocenters. The molecule has 1 saturated heterocycles. The first-order valence-electron chi connectivity index (χ1n) is 8.86. The van der Waals surface area contributed by atoms with Gasteiger partial charge in [0.05, 0.1) is 21.9 Å². The van der Waals surface area contributed by atoms with E-state index in [-0.39, 0.29) is 17.6 Å². The minimum atomic E-state index is -0.424. The Hall–Kier alpha value is -2.58. The molecule has 0 saturated carbocycles. The van der Waals surface area contributed by atoms with Gasteiger partial charge in [0.2, 0.25) is 5.91 Å². The lowest BCUT2D eigenvalue weighted by molar-refractivity contribution is -0.120. The highest BCUT2D eigenvalue weighted by atomic mass is 32.1. The summed E-state index contributed by atoms with van der Waals surface area (Å²) in [6.07, 6.45) is 1.60. The highest BCUT2D eigenvalue weighted by Gasteiger charge is 2.27. The molecule has 27 heavy (non-hydrogen) atoms. The van der Waals surface area contributed by atoms with E-state index in [9.17, 15) is 9.18 Å². The van der Waals surface area contributed by atoms with E-state index in [1.165, 1.54) is 6.07 Å². The third kappa shape index (κ3) is 3.63. The van der Waals surface area contributed by atoms with Crippen molar-refractivity contribution in [2.45, 2.75) is 13.0 Å². The third-order valence-corrected chi connectivity index (χ3v) is 5.80. The number of nitrogens with zero attached hydrogens (tertiary/aromatic N) is 4. The normalized spacial score (nSPS) is 16.4. The van der Waals surface area contributed by atoms with Crippen molar-refractivity contribution in [3.63, 3.8) is 0 Å². The molecule has 8 heteroatoms. The molecule has 3 aromatic rings. The molecule has 1 aromatic carbocycles. The van der Waals surface area contributed by atoms with Gasteiger partial charge in [0.1, 0.15) is 18.0 Å². The summed E-state index contributed by atoms with van der Waals surface area (Å²) in [5.41, 5.74) is 1.18. The van der Waals surface area contributed by atoms with E-state index < -0.39 is 5.82 Å². The maximum atomic E-state index is 13.7. The number of aromatic nitrogens is 2. The predicted octanol–water partition coefficient (Wildman–Crippen LogP) is 2.98. The monoisotopic (exact) mass is 385 g/mol. The number of halogens is 1. The minimum absolute atomic E-state index is 0.198. The van der Waals surface area contributed by atoms with Crippen molar-refractivity contribution in [2.24, 2.45) is 0 Å². The zero-order valence-corrected chi connectivity index (χ0v) is 15.7. The summed E-state index contributed by atoms with van der Waals surface area (Å²) < 4.78 is 14.8. The van der Waals surface area contributed by atoms with Gasteiger partial charge in [0, 0.05) is 26.2 Å². The van der Waals surface area contributed by atoms with Gasteiger partial charge in [-0.15, -0.1) is 11.3 Å². The van der Waals surface area contributed by atoms with Crippen molar-refractivity contribution >= 4 is 39.0 Å². The molecule has 0 spiro atoms. The molecule has 1 aliphatic rings. The van der Waals surface area contributed by atoms with Gasteiger partial charge in [0.25, 0.3) is 0 Å². The van der Waals surface area contributed by atoms with Crippen LogP contribution < -0.4 is 10.2 Å². The average molecular weight is 385 g/mol. The van der Waals surface area contributed by atoms with Crippen LogP contribution in [0.5, 0.6) is 0 Å². The summed E-state index contributed by atoms with van der Waals surface area (Å²) in [7, 11) is 0. The lowest BCUT2D eigenvalue weighted by Gasteiger charge is -2.38. The Bertz CT molecular complexity index is 954. The van der Waals surface area contributed by atoms with Crippen molar-refractivity contribution < 1.29 is 9.18 Å². The second-order valence-corrected chi connectivity index (χ2v) is 7.42. The molecule has 1 unspecified atom stereocenters. The fourth-order valence-corrected chi connectivity index (χ4v) is 4.15. The molecule has 2 aromatic heterocycles. The molecule has 6 nitrogen and oxygen atoms in total. The summed E-state index contributed by atoms with van der Waals surface area (Å²) in [5, 5.41) is 4.70. The second kappa shape index (κ2) is 7.58. The van der Waals surface area contributed by atoms with Crippen LogP contribution in [0.2, 0.25) is 0 Å². The number of benzene rings is 1. The number of amides is 1. The number of rotatable bonds is 4. The fraction of sp³-hybridized carbons (Fsp3) is 0.316. The van der Waals surface area contributed by atoms with E-state index in [0.717, 1.165) is 42.2 Å². The topological polar surface area (TPSA) is 61.4 Å². The Morgan fingerprint density at radius 1 is 1.19 bits per heavy atom. The van der Waals surface area contributed by atoms with Gasteiger partial charge in [-0.05, 0) is 30.5 Å². The zero-order valence-electron chi connectivity index (χ0n) is 14.9. The molecule has 3 heterocycles. The molecule has 0 radical (unpaired) electrons. The highest BCUT2D eigenvalue weighted by molar-refractivity contribution is 7.17. The van der Waals surface area contributed by atoms with Gasteiger partial charge in [0.15, 0.2) is 0 Å². The van der Waals surface area contributed by atoms with Gasteiger partial charge in [-0.25, -0.2) is 14.4 Å². The van der Waals surface area contributed by atoms with E-state index in [0.29, 0.717) is 0 Å². The molecule has 4 rings (SSSR count). The molecule has 1 N–H and O–H groups in total. The maximum Gasteiger partial charge on any atom is 0.241 e. The lowest BCUT2D eigenvalue weighted by Crippen LogP contribution is -2.53. The first-order valence-corrected chi connectivity index (χ1v) is 9.74. The van der Waals surface area contributed by atoms with E-state index >= 15 is 0 Å². The van der Waals surface area contributed by atoms with Crippen molar-refractivity contribution in [1.29, 1.82) is 0 Å². The van der Waals surface area contributed by atoms with Gasteiger partial charge < -0.3 is 10.2 Å². The van der Waals surface area contributed by atoms with Crippen LogP contribution in [0.3, 0.4) is 0 Å². The number of carbonyl (C=O) groups is 1. The highest BCUT2D eigenvalue weighted by Crippen LogP contribution is 2.28. The van der Waals surface area contributed by atoms with E-state index in [1.54, 1.807) is 35.9 Å². The maximum absolute atomic E-state index is 13.7. The SMILES string of the molecule is CC(C(=O)Nc1ccccc1F)N1CCN(c2ncnc3ccsc23)CC1. The molecule has 0 bridgehead atoms. The molecule has 140 valence electrons. The Morgan fingerprint density at radius 3 is 2.74 bits per heavy atom. The number of thiophene rings is 1. The van der Waals surface area contributed by atoms with Crippen LogP contribution in [0.4, 0.5) is 15.9 Å². The molecular formula is C19H20FN5OS.